The van der Waals surface area contributed by atoms with E-state index in [9.17, 15) is 9.59 Å². The van der Waals surface area contributed by atoms with E-state index in [1.54, 1.807) is 28.1 Å². The van der Waals surface area contributed by atoms with Gasteiger partial charge in [0.05, 0.1) is 30.0 Å². The lowest BCUT2D eigenvalue weighted by atomic mass is 9.89. The molecule has 1 amide bonds. The molecule has 2 aromatic heterocycles. The third kappa shape index (κ3) is 4.99. The average molecular weight is 553 g/mol. The molecule has 0 N–H and O–H groups in total. The van der Waals surface area contributed by atoms with Crippen LogP contribution in [-0.2, 0) is 11.0 Å². The molecule has 0 aliphatic carbocycles. The predicted molar refractivity (Wildman–Crippen MR) is 155 cm³/mol. The second kappa shape index (κ2) is 10.4. The quantitative estimate of drug-likeness (QED) is 0.258. The number of benzene rings is 1. The van der Waals surface area contributed by atoms with Crippen LogP contribution in [0.4, 0.5) is 11.5 Å². The number of anilines is 2. The molecule has 202 valence electrons. The van der Waals surface area contributed by atoms with Crippen LogP contribution in [0, 0.1) is 5.41 Å². The summed E-state index contributed by atoms with van der Waals surface area (Å²) >= 11 is 1.47. The Kier molecular flexibility index (Phi) is 7.36. The first-order chi connectivity index (χ1) is 18.1. The molecule has 1 aromatic carbocycles. The number of hydrogen-bond acceptors (Lipinski definition) is 8. The van der Waals surface area contributed by atoms with Crippen molar-refractivity contribution in [1.82, 2.24) is 19.5 Å². The maximum atomic E-state index is 13.9. The van der Waals surface area contributed by atoms with Gasteiger partial charge in [0.1, 0.15) is 16.9 Å². The van der Waals surface area contributed by atoms with Crippen molar-refractivity contribution >= 4 is 49.1 Å². The second-order valence-electron chi connectivity index (χ2n) is 11.4. The number of amides is 1. The minimum absolute atomic E-state index is 0.0995. The van der Waals surface area contributed by atoms with E-state index >= 15 is 0 Å². The lowest BCUT2D eigenvalue weighted by Crippen LogP contribution is -2.40. The molecule has 3 aromatic rings. The number of thioether (sulfide) groups is 1. The van der Waals surface area contributed by atoms with Gasteiger partial charge < -0.3 is 14.2 Å². The summed E-state index contributed by atoms with van der Waals surface area (Å²) in [5, 5.41) is 1.15. The van der Waals surface area contributed by atoms with E-state index in [2.05, 4.69) is 43.7 Å². The second-order valence-corrected chi connectivity index (χ2v) is 14.6. The summed E-state index contributed by atoms with van der Waals surface area (Å²) in [5.41, 5.74) is 1.41. The Morgan fingerprint density at radius 3 is 2.71 bits per heavy atom. The maximum Gasteiger partial charge on any atom is 0.263 e. The lowest BCUT2D eigenvalue weighted by Gasteiger charge is -2.33. The molecule has 0 saturated carbocycles. The standard InChI is InChI=1S/C27H36N6O3SSi/c1-27(2,3)21(36-38(5)6)15-31-16-29-22-18(24(31)34)10-7-11-20(22)33-14-17-9-8-12-32(17)23-19(25(33)35)13-28-26(30-23)37-4/h7,10-11,13,16-17,21,38H,8-9,12,14-15H2,1-6H3/t17-,21?/m0/s1. The molecule has 1 fully saturated rings. The molecule has 2 aliphatic rings. The number of carbonyl (C=O) groups is 1. The van der Waals surface area contributed by atoms with Crippen molar-refractivity contribution in [3.05, 3.63) is 46.6 Å². The van der Waals surface area contributed by atoms with E-state index in [1.807, 2.05) is 18.4 Å². The van der Waals surface area contributed by atoms with E-state index in [1.165, 1.54) is 11.8 Å². The number of aromatic nitrogens is 4. The summed E-state index contributed by atoms with van der Waals surface area (Å²) in [7, 11) is -1.31. The van der Waals surface area contributed by atoms with Crippen LogP contribution in [0.15, 0.2) is 40.7 Å². The van der Waals surface area contributed by atoms with Gasteiger partial charge in [-0.15, -0.1) is 0 Å². The highest BCUT2D eigenvalue weighted by Crippen LogP contribution is 2.36. The highest BCUT2D eigenvalue weighted by atomic mass is 32.2. The molecule has 9 nitrogen and oxygen atoms in total. The van der Waals surface area contributed by atoms with Crippen molar-refractivity contribution in [3.8, 4) is 0 Å². The molecule has 4 heterocycles. The zero-order valence-corrected chi connectivity index (χ0v) is 24.9. The normalized spacial score (nSPS) is 18.6. The molecular formula is C27H36N6O3SSi. The summed E-state index contributed by atoms with van der Waals surface area (Å²) < 4.78 is 7.95. The van der Waals surface area contributed by atoms with Gasteiger partial charge in [-0.3, -0.25) is 14.2 Å². The van der Waals surface area contributed by atoms with Gasteiger partial charge in [0.2, 0.25) is 0 Å². The molecule has 0 spiro atoms. The SMILES string of the molecule is CSc1ncc2c(n1)N1CCC[C@H]1CN(c1cccc3c(=O)n(CC(O[SiH](C)C)C(C)(C)C)cnc13)C2=O. The minimum Gasteiger partial charge on any atom is -0.415 e. The van der Waals surface area contributed by atoms with Crippen molar-refractivity contribution in [2.24, 2.45) is 5.41 Å². The highest BCUT2D eigenvalue weighted by molar-refractivity contribution is 7.98. The van der Waals surface area contributed by atoms with Gasteiger partial charge in [0.25, 0.3) is 11.5 Å². The number of hydrogen-bond donors (Lipinski definition) is 0. The van der Waals surface area contributed by atoms with Crippen molar-refractivity contribution in [3.63, 3.8) is 0 Å². The first-order valence-corrected chi connectivity index (χ1v) is 17.2. The first-order valence-electron chi connectivity index (χ1n) is 13.2. The summed E-state index contributed by atoms with van der Waals surface area (Å²) in [6.45, 7) is 12.5. The fourth-order valence-electron chi connectivity index (χ4n) is 5.33. The third-order valence-corrected chi connectivity index (χ3v) is 8.77. The number of nitrogens with zero attached hydrogens (tertiary/aromatic N) is 6. The Balaban J connectivity index is 1.57. The van der Waals surface area contributed by atoms with Crippen LogP contribution in [0.5, 0.6) is 0 Å². The summed E-state index contributed by atoms with van der Waals surface area (Å²) in [5.74, 6) is 0.542. The molecule has 0 bridgehead atoms. The van der Waals surface area contributed by atoms with Crippen LogP contribution in [0.25, 0.3) is 10.9 Å². The predicted octanol–water partition coefficient (Wildman–Crippen LogP) is 3.95. The maximum absolute atomic E-state index is 13.9. The number of rotatable bonds is 6. The zero-order chi connectivity index (χ0) is 27.2. The number of carbonyl (C=O) groups excluding carboxylic acids is 1. The van der Waals surface area contributed by atoms with Gasteiger partial charge in [0.15, 0.2) is 14.2 Å². The molecule has 1 unspecified atom stereocenters. The monoisotopic (exact) mass is 552 g/mol. The van der Waals surface area contributed by atoms with Crippen LogP contribution in [0.3, 0.4) is 0 Å². The van der Waals surface area contributed by atoms with E-state index in [0.29, 0.717) is 46.2 Å². The topological polar surface area (TPSA) is 93.5 Å². The zero-order valence-electron chi connectivity index (χ0n) is 23.0. The Bertz CT molecular complexity index is 1420. The van der Waals surface area contributed by atoms with Gasteiger partial charge in [-0.05, 0) is 49.7 Å². The van der Waals surface area contributed by atoms with Crippen LogP contribution in [0.1, 0.15) is 44.0 Å². The van der Waals surface area contributed by atoms with Crippen LogP contribution >= 0.6 is 11.8 Å². The molecule has 1 saturated heterocycles. The number of fused-ring (bicyclic) bond motifs is 4. The van der Waals surface area contributed by atoms with E-state index in [0.717, 1.165) is 19.4 Å². The fraction of sp³-hybridized carbons (Fsp3) is 0.519. The summed E-state index contributed by atoms with van der Waals surface area (Å²) in [6.07, 6.45) is 7.09. The largest absolute Gasteiger partial charge is 0.415 e. The van der Waals surface area contributed by atoms with Gasteiger partial charge >= 0.3 is 0 Å². The van der Waals surface area contributed by atoms with Crippen molar-refractivity contribution in [2.75, 3.05) is 29.1 Å². The molecular weight excluding hydrogens is 516 g/mol. The van der Waals surface area contributed by atoms with Crippen molar-refractivity contribution < 1.29 is 9.22 Å². The Hall–Kier alpha value is -2.76. The summed E-state index contributed by atoms with van der Waals surface area (Å²) in [6, 6.07) is 5.65. The third-order valence-electron chi connectivity index (χ3n) is 7.34. The molecule has 2 aliphatic heterocycles. The van der Waals surface area contributed by atoms with Gasteiger partial charge in [-0.2, -0.15) is 0 Å². The highest BCUT2D eigenvalue weighted by Gasteiger charge is 2.38. The molecule has 5 rings (SSSR count). The smallest absolute Gasteiger partial charge is 0.263 e. The van der Waals surface area contributed by atoms with Crippen LogP contribution < -0.4 is 15.4 Å². The van der Waals surface area contributed by atoms with E-state index in [4.69, 9.17) is 14.4 Å². The Morgan fingerprint density at radius 2 is 2.00 bits per heavy atom. The van der Waals surface area contributed by atoms with Gasteiger partial charge in [-0.1, -0.05) is 38.6 Å². The summed E-state index contributed by atoms with van der Waals surface area (Å²) in [4.78, 5) is 45.4. The number of para-hydroxylation sites is 1. The Morgan fingerprint density at radius 1 is 1.21 bits per heavy atom. The van der Waals surface area contributed by atoms with Crippen molar-refractivity contribution in [2.45, 2.75) is 70.6 Å². The van der Waals surface area contributed by atoms with Gasteiger partial charge in [-0.25, -0.2) is 15.0 Å². The molecule has 38 heavy (non-hydrogen) atoms. The van der Waals surface area contributed by atoms with Crippen LogP contribution in [0.2, 0.25) is 13.1 Å². The van der Waals surface area contributed by atoms with E-state index < -0.39 is 9.04 Å². The molecule has 2 atom stereocenters. The van der Waals surface area contributed by atoms with Crippen molar-refractivity contribution in [1.29, 1.82) is 0 Å². The Labute approximate surface area is 229 Å². The lowest BCUT2D eigenvalue weighted by molar-refractivity contribution is 0.0694. The van der Waals surface area contributed by atoms with Crippen LogP contribution in [-0.4, -0.2) is 66.0 Å². The molecule has 0 radical (unpaired) electrons. The van der Waals surface area contributed by atoms with E-state index in [-0.39, 0.29) is 29.0 Å². The average Bonchev–Trinajstić information content (AvgIpc) is 3.31. The first kappa shape index (κ1) is 26.8. The van der Waals surface area contributed by atoms with Gasteiger partial charge in [0, 0.05) is 25.3 Å². The minimum atomic E-state index is -1.31. The fourth-order valence-corrected chi connectivity index (χ4v) is 6.81. The molecule has 11 heteroatoms.